The average Bonchev–Trinajstić information content (AvgIpc) is 2.99. The number of nitrogens with one attached hydrogen (secondary N) is 1. The lowest BCUT2D eigenvalue weighted by molar-refractivity contribution is -0.121. The summed E-state index contributed by atoms with van der Waals surface area (Å²) in [4.78, 5) is 38.6. The Morgan fingerprint density at radius 2 is 2.20 bits per heavy atom. The lowest BCUT2D eigenvalue weighted by atomic mass is 9.81. The molecule has 0 bridgehead atoms. The number of fused-ring (bicyclic) bond motifs is 2. The molecule has 0 radical (unpaired) electrons. The third kappa shape index (κ3) is 3.32. The molecule has 0 saturated carbocycles. The van der Waals surface area contributed by atoms with Crippen molar-refractivity contribution in [2.45, 2.75) is 50.4 Å². The predicted molar refractivity (Wildman–Crippen MR) is 117 cm³/mol. The molecular weight excluding hydrogens is 400 g/mol. The number of aryl methyl sites for hydroxylation is 1. The summed E-state index contributed by atoms with van der Waals surface area (Å²) >= 11 is 1.41. The number of nitrogens with zero attached hydrogens (tertiary/aromatic N) is 5. The maximum absolute atomic E-state index is 13.0. The summed E-state index contributed by atoms with van der Waals surface area (Å²) in [5.41, 5.74) is 1.70. The second kappa shape index (κ2) is 7.71. The summed E-state index contributed by atoms with van der Waals surface area (Å²) in [6, 6.07) is 3.93. The van der Waals surface area contributed by atoms with Crippen LogP contribution in [-0.2, 0) is 23.3 Å². The number of aromatic nitrogens is 5. The Morgan fingerprint density at radius 1 is 1.40 bits per heavy atom. The summed E-state index contributed by atoms with van der Waals surface area (Å²) in [5.74, 6) is 0.483. The van der Waals surface area contributed by atoms with Crippen molar-refractivity contribution in [2.75, 3.05) is 6.26 Å². The molecule has 156 valence electrons. The van der Waals surface area contributed by atoms with E-state index in [1.807, 2.05) is 25.3 Å². The monoisotopic (exact) mass is 424 g/mol. The Hall–Kier alpha value is -2.94. The Morgan fingerprint density at radius 3 is 2.90 bits per heavy atom. The van der Waals surface area contributed by atoms with Crippen LogP contribution in [0.4, 0.5) is 0 Å². The van der Waals surface area contributed by atoms with Crippen molar-refractivity contribution >= 4 is 28.7 Å². The SMILES string of the molecule is C=CCn1c(=O)c2cnc(SC)nc2n1-c1ccc2c(n1)C(C)(NC(C)=O)CCC2. The van der Waals surface area contributed by atoms with Gasteiger partial charge in [0, 0.05) is 13.1 Å². The van der Waals surface area contributed by atoms with Crippen molar-refractivity contribution in [2.24, 2.45) is 0 Å². The van der Waals surface area contributed by atoms with Crippen LogP contribution in [-0.4, -0.2) is 36.5 Å². The maximum Gasteiger partial charge on any atom is 0.278 e. The van der Waals surface area contributed by atoms with E-state index in [1.165, 1.54) is 18.7 Å². The highest BCUT2D eigenvalue weighted by Crippen LogP contribution is 2.34. The summed E-state index contributed by atoms with van der Waals surface area (Å²) in [6.07, 6.45) is 7.80. The minimum absolute atomic E-state index is 0.0927. The van der Waals surface area contributed by atoms with Crippen molar-refractivity contribution in [3.05, 3.63) is 52.6 Å². The van der Waals surface area contributed by atoms with Crippen molar-refractivity contribution in [3.8, 4) is 5.82 Å². The van der Waals surface area contributed by atoms with E-state index in [2.05, 4.69) is 21.9 Å². The fourth-order valence-electron chi connectivity index (χ4n) is 4.17. The molecule has 1 N–H and O–H groups in total. The first-order valence-electron chi connectivity index (χ1n) is 9.81. The van der Waals surface area contributed by atoms with Gasteiger partial charge in [-0.25, -0.2) is 24.3 Å². The van der Waals surface area contributed by atoms with Crippen LogP contribution in [0.25, 0.3) is 16.9 Å². The van der Waals surface area contributed by atoms with Gasteiger partial charge < -0.3 is 5.32 Å². The molecule has 0 saturated heterocycles. The number of thioether (sulfide) groups is 1. The van der Waals surface area contributed by atoms with Crippen LogP contribution >= 0.6 is 11.8 Å². The van der Waals surface area contributed by atoms with Crippen LogP contribution in [0.2, 0.25) is 0 Å². The number of pyridine rings is 1. The van der Waals surface area contributed by atoms with Crippen LogP contribution in [0, 0.1) is 0 Å². The summed E-state index contributed by atoms with van der Waals surface area (Å²) in [7, 11) is 0. The quantitative estimate of drug-likeness (QED) is 0.384. The van der Waals surface area contributed by atoms with E-state index < -0.39 is 5.54 Å². The number of rotatable bonds is 5. The summed E-state index contributed by atoms with van der Waals surface area (Å²) in [6.45, 7) is 7.61. The van der Waals surface area contributed by atoms with Crippen LogP contribution in [0.5, 0.6) is 0 Å². The van der Waals surface area contributed by atoms with Crippen molar-refractivity contribution in [1.29, 1.82) is 0 Å². The number of amides is 1. The van der Waals surface area contributed by atoms with Gasteiger partial charge in [-0.1, -0.05) is 23.9 Å². The van der Waals surface area contributed by atoms with Crippen LogP contribution < -0.4 is 10.9 Å². The lowest BCUT2D eigenvalue weighted by Crippen LogP contribution is -2.45. The van der Waals surface area contributed by atoms with Crippen LogP contribution in [0.15, 0.2) is 40.9 Å². The van der Waals surface area contributed by atoms with E-state index in [-0.39, 0.29) is 11.5 Å². The first kappa shape index (κ1) is 20.3. The Bertz CT molecular complexity index is 1210. The van der Waals surface area contributed by atoms with Gasteiger partial charge >= 0.3 is 0 Å². The largest absolute Gasteiger partial charge is 0.346 e. The third-order valence-corrected chi connectivity index (χ3v) is 5.98. The maximum atomic E-state index is 13.0. The molecule has 1 aliphatic carbocycles. The van der Waals surface area contributed by atoms with Gasteiger partial charge in [-0.05, 0) is 44.1 Å². The van der Waals surface area contributed by atoms with E-state index in [9.17, 15) is 9.59 Å². The van der Waals surface area contributed by atoms with Crippen molar-refractivity contribution in [3.63, 3.8) is 0 Å². The normalized spacial score (nSPS) is 18.2. The lowest BCUT2D eigenvalue weighted by Gasteiger charge is -2.35. The molecule has 3 heterocycles. The van der Waals surface area contributed by atoms with Gasteiger partial charge in [-0.15, -0.1) is 6.58 Å². The van der Waals surface area contributed by atoms with E-state index in [0.717, 1.165) is 30.5 Å². The highest BCUT2D eigenvalue weighted by Gasteiger charge is 2.35. The molecular formula is C21H24N6O2S. The molecule has 4 rings (SSSR count). The molecule has 0 aliphatic heterocycles. The molecule has 0 fully saturated rings. The Balaban J connectivity index is 1.98. The highest BCUT2D eigenvalue weighted by molar-refractivity contribution is 7.98. The molecule has 1 amide bonds. The molecule has 30 heavy (non-hydrogen) atoms. The number of allylic oxidation sites excluding steroid dienone is 1. The average molecular weight is 425 g/mol. The van der Waals surface area contributed by atoms with E-state index in [4.69, 9.17) is 4.98 Å². The number of carbonyl (C=O) groups excluding carboxylic acids is 1. The smallest absolute Gasteiger partial charge is 0.278 e. The zero-order chi connectivity index (χ0) is 21.5. The van der Waals surface area contributed by atoms with E-state index >= 15 is 0 Å². The van der Waals surface area contributed by atoms with Crippen molar-refractivity contribution < 1.29 is 4.79 Å². The molecule has 3 aromatic rings. The van der Waals surface area contributed by atoms with Crippen LogP contribution in [0.3, 0.4) is 0 Å². The third-order valence-electron chi connectivity index (χ3n) is 5.42. The first-order chi connectivity index (χ1) is 14.4. The molecule has 1 aliphatic rings. The Kier molecular flexibility index (Phi) is 5.23. The topological polar surface area (TPSA) is 94.7 Å². The fourth-order valence-corrected chi connectivity index (χ4v) is 4.50. The fraction of sp³-hybridized carbons (Fsp3) is 0.381. The van der Waals surface area contributed by atoms with E-state index in [0.29, 0.717) is 28.6 Å². The number of hydrogen-bond acceptors (Lipinski definition) is 6. The molecule has 1 atom stereocenters. The summed E-state index contributed by atoms with van der Waals surface area (Å²) < 4.78 is 3.29. The minimum Gasteiger partial charge on any atom is -0.346 e. The van der Waals surface area contributed by atoms with E-state index in [1.54, 1.807) is 21.6 Å². The van der Waals surface area contributed by atoms with Gasteiger partial charge in [0.1, 0.15) is 5.39 Å². The number of hydrogen-bond donors (Lipinski definition) is 1. The number of carbonyl (C=O) groups is 1. The first-order valence-corrected chi connectivity index (χ1v) is 11.0. The van der Waals surface area contributed by atoms with Gasteiger partial charge in [0.25, 0.3) is 5.56 Å². The van der Waals surface area contributed by atoms with Crippen molar-refractivity contribution in [1.82, 2.24) is 29.6 Å². The predicted octanol–water partition coefficient (Wildman–Crippen LogP) is 2.57. The van der Waals surface area contributed by atoms with Gasteiger partial charge in [0.05, 0.1) is 17.8 Å². The van der Waals surface area contributed by atoms with Gasteiger partial charge in [0.15, 0.2) is 16.6 Å². The zero-order valence-corrected chi connectivity index (χ0v) is 18.1. The minimum atomic E-state index is -0.554. The molecule has 8 nitrogen and oxygen atoms in total. The second-order valence-electron chi connectivity index (χ2n) is 7.63. The summed E-state index contributed by atoms with van der Waals surface area (Å²) in [5, 5.41) is 4.08. The standard InChI is InChI=1S/C21H24N6O2S/c1-5-11-26-19(29)15-12-22-20(30-4)24-18(15)27(26)16-9-8-14-7-6-10-21(3,17(14)23-16)25-13(2)28/h5,8-9,12H,1,6-7,10-11H2,2-4H3,(H,25,28). The highest BCUT2D eigenvalue weighted by atomic mass is 32.2. The van der Waals surface area contributed by atoms with Gasteiger partial charge in [-0.2, -0.15) is 0 Å². The van der Waals surface area contributed by atoms with Gasteiger partial charge in [-0.3, -0.25) is 9.59 Å². The molecule has 1 unspecified atom stereocenters. The molecule has 0 aromatic carbocycles. The Labute approximate surface area is 178 Å². The second-order valence-corrected chi connectivity index (χ2v) is 8.40. The van der Waals surface area contributed by atoms with Gasteiger partial charge in [0.2, 0.25) is 5.91 Å². The molecule has 0 spiro atoms. The molecule has 3 aromatic heterocycles. The zero-order valence-electron chi connectivity index (χ0n) is 17.3. The van der Waals surface area contributed by atoms with Crippen LogP contribution in [0.1, 0.15) is 37.9 Å². The molecule has 9 heteroatoms.